The lowest BCUT2D eigenvalue weighted by Crippen LogP contribution is -2.44. The van der Waals surface area contributed by atoms with Gasteiger partial charge in [-0.05, 0) is 24.5 Å². The maximum absolute atomic E-state index is 12.3. The number of benzene rings is 1. The van der Waals surface area contributed by atoms with Crippen LogP contribution < -0.4 is 0 Å². The minimum absolute atomic E-state index is 0.000191. The summed E-state index contributed by atoms with van der Waals surface area (Å²) in [5, 5.41) is 1.44. The molecule has 1 aromatic carbocycles. The number of nitrogens with zero attached hydrogens (tertiary/aromatic N) is 1. The zero-order chi connectivity index (χ0) is 13.1. The van der Waals surface area contributed by atoms with Gasteiger partial charge in [0.25, 0.3) is 5.91 Å². The summed E-state index contributed by atoms with van der Waals surface area (Å²) in [6.07, 6.45) is 0. The van der Waals surface area contributed by atoms with Crippen molar-refractivity contribution >= 4 is 5.91 Å². The molecule has 0 aromatic heterocycles. The van der Waals surface area contributed by atoms with Gasteiger partial charge in [-0.15, -0.1) is 0 Å². The SMILES string of the molecule is CON(C(=O)c1ccccc1)[C@@H](C)C(C)(C)C. The lowest BCUT2D eigenvalue weighted by molar-refractivity contribution is -0.140. The molecule has 1 rings (SSSR count). The summed E-state index contributed by atoms with van der Waals surface area (Å²) in [5.74, 6) is -0.101. The molecule has 0 fully saturated rings. The van der Waals surface area contributed by atoms with Gasteiger partial charge in [-0.25, -0.2) is 5.06 Å². The Labute approximate surface area is 103 Å². The van der Waals surface area contributed by atoms with Crippen LogP contribution in [0, 0.1) is 5.41 Å². The quantitative estimate of drug-likeness (QED) is 0.753. The van der Waals surface area contributed by atoms with Crippen LogP contribution in [-0.4, -0.2) is 24.1 Å². The third-order valence-corrected chi connectivity index (χ3v) is 3.02. The zero-order valence-electron chi connectivity index (χ0n) is 11.2. The predicted octanol–water partition coefficient (Wildman–Crippen LogP) is 3.12. The highest BCUT2D eigenvalue weighted by Crippen LogP contribution is 2.25. The van der Waals surface area contributed by atoms with Gasteiger partial charge in [-0.1, -0.05) is 39.0 Å². The van der Waals surface area contributed by atoms with Gasteiger partial charge in [0.15, 0.2) is 0 Å². The van der Waals surface area contributed by atoms with Crippen molar-refractivity contribution in [1.82, 2.24) is 5.06 Å². The molecule has 1 amide bonds. The highest BCUT2D eigenvalue weighted by molar-refractivity contribution is 5.93. The van der Waals surface area contributed by atoms with Crippen LogP contribution >= 0.6 is 0 Å². The van der Waals surface area contributed by atoms with E-state index in [-0.39, 0.29) is 17.4 Å². The van der Waals surface area contributed by atoms with Crippen molar-refractivity contribution in [2.45, 2.75) is 33.7 Å². The lowest BCUT2D eigenvalue weighted by Gasteiger charge is -2.35. The van der Waals surface area contributed by atoms with E-state index in [1.54, 1.807) is 12.1 Å². The third-order valence-electron chi connectivity index (χ3n) is 3.02. The minimum atomic E-state index is -0.101. The first kappa shape index (κ1) is 13.7. The van der Waals surface area contributed by atoms with Gasteiger partial charge in [-0.2, -0.15) is 0 Å². The van der Waals surface area contributed by atoms with E-state index in [0.29, 0.717) is 5.56 Å². The second-order valence-corrected chi connectivity index (χ2v) is 5.22. The molecule has 3 heteroatoms. The Morgan fingerprint density at radius 2 is 1.76 bits per heavy atom. The van der Waals surface area contributed by atoms with Crippen LogP contribution in [0.1, 0.15) is 38.1 Å². The van der Waals surface area contributed by atoms with Crippen LogP contribution in [0.3, 0.4) is 0 Å². The Morgan fingerprint density at radius 1 is 1.24 bits per heavy atom. The Balaban J connectivity index is 2.93. The zero-order valence-corrected chi connectivity index (χ0v) is 11.2. The van der Waals surface area contributed by atoms with Crippen LogP contribution in [-0.2, 0) is 4.84 Å². The molecular weight excluding hydrogens is 214 g/mol. The van der Waals surface area contributed by atoms with E-state index in [4.69, 9.17) is 4.84 Å². The highest BCUT2D eigenvalue weighted by Gasteiger charge is 2.30. The summed E-state index contributed by atoms with van der Waals surface area (Å²) in [6.45, 7) is 8.25. The van der Waals surface area contributed by atoms with E-state index in [0.717, 1.165) is 0 Å². The fourth-order valence-electron chi connectivity index (χ4n) is 1.48. The summed E-state index contributed by atoms with van der Waals surface area (Å²) in [4.78, 5) is 17.5. The minimum Gasteiger partial charge on any atom is -0.274 e. The molecule has 1 aromatic rings. The summed E-state index contributed by atoms with van der Waals surface area (Å²) in [5.41, 5.74) is 0.617. The van der Waals surface area contributed by atoms with Gasteiger partial charge in [0.2, 0.25) is 0 Å². The first-order chi connectivity index (χ1) is 7.88. The molecule has 0 N–H and O–H groups in total. The number of hydrogen-bond acceptors (Lipinski definition) is 2. The maximum atomic E-state index is 12.3. The molecule has 0 aliphatic carbocycles. The van der Waals surface area contributed by atoms with Gasteiger partial charge in [0, 0.05) is 5.56 Å². The summed E-state index contributed by atoms with van der Waals surface area (Å²) < 4.78 is 0. The van der Waals surface area contributed by atoms with Crippen LogP contribution in [0.4, 0.5) is 0 Å². The second kappa shape index (κ2) is 5.32. The van der Waals surface area contributed by atoms with Gasteiger partial charge in [0.1, 0.15) is 0 Å². The van der Waals surface area contributed by atoms with Crippen molar-refractivity contribution in [2.24, 2.45) is 5.41 Å². The summed E-state index contributed by atoms with van der Waals surface area (Å²) in [7, 11) is 1.53. The fourth-order valence-corrected chi connectivity index (χ4v) is 1.48. The molecule has 94 valence electrons. The van der Waals surface area contributed by atoms with Gasteiger partial charge in [-0.3, -0.25) is 9.63 Å². The molecule has 0 spiro atoms. The van der Waals surface area contributed by atoms with E-state index >= 15 is 0 Å². The number of hydroxylamine groups is 2. The van der Waals surface area contributed by atoms with Crippen molar-refractivity contribution in [3.63, 3.8) is 0 Å². The summed E-state index contributed by atoms with van der Waals surface area (Å²) >= 11 is 0. The van der Waals surface area contributed by atoms with E-state index in [1.165, 1.54) is 12.2 Å². The van der Waals surface area contributed by atoms with E-state index in [1.807, 2.05) is 25.1 Å². The van der Waals surface area contributed by atoms with Crippen molar-refractivity contribution < 1.29 is 9.63 Å². The van der Waals surface area contributed by atoms with Crippen LogP contribution in [0.2, 0.25) is 0 Å². The highest BCUT2D eigenvalue weighted by atomic mass is 16.7. The average molecular weight is 235 g/mol. The molecule has 0 aliphatic rings. The molecule has 0 radical (unpaired) electrons. The first-order valence-corrected chi connectivity index (χ1v) is 5.80. The van der Waals surface area contributed by atoms with Crippen LogP contribution in [0.25, 0.3) is 0 Å². The lowest BCUT2D eigenvalue weighted by atomic mass is 9.87. The van der Waals surface area contributed by atoms with Crippen molar-refractivity contribution in [3.8, 4) is 0 Å². The van der Waals surface area contributed by atoms with Crippen LogP contribution in [0.15, 0.2) is 30.3 Å². The summed E-state index contributed by atoms with van der Waals surface area (Å²) in [6, 6.07) is 9.18. The Bertz CT molecular complexity index is 368. The second-order valence-electron chi connectivity index (χ2n) is 5.22. The monoisotopic (exact) mass is 235 g/mol. The molecule has 0 saturated heterocycles. The maximum Gasteiger partial charge on any atom is 0.277 e. The smallest absolute Gasteiger partial charge is 0.274 e. The normalized spacial score (nSPS) is 13.2. The van der Waals surface area contributed by atoms with Gasteiger partial charge < -0.3 is 0 Å². The van der Waals surface area contributed by atoms with Crippen molar-refractivity contribution in [3.05, 3.63) is 35.9 Å². The molecule has 17 heavy (non-hydrogen) atoms. The molecule has 0 saturated carbocycles. The molecule has 3 nitrogen and oxygen atoms in total. The number of rotatable bonds is 3. The van der Waals surface area contributed by atoms with E-state index < -0.39 is 0 Å². The van der Waals surface area contributed by atoms with Gasteiger partial charge in [0.05, 0.1) is 13.2 Å². The van der Waals surface area contributed by atoms with Crippen LogP contribution in [0.5, 0.6) is 0 Å². The number of amides is 1. The molecule has 0 aliphatic heterocycles. The number of carbonyl (C=O) groups excluding carboxylic acids is 1. The molecule has 0 unspecified atom stereocenters. The molecule has 0 bridgehead atoms. The predicted molar refractivity (Wildman–Crippen MR) is 68.5 cm³/mol. The van der Waals surface area contributed by atoms with Crippen molar-refractivity contribution in [2.75, 3.05) is 7.11 Å². The van der Waals surface area contributed by atoms with Gasteiger partial charge >= 0.3 is 0 Å². The van der Waals surface area contributed by atoms with E-state index in [2.05, 4.69) is 20.8 Å². The Kier molecular flexibility index (Phi) is 4.29. The Hall–Kier alpha value is -1.35. The molecular formula is C14H21NO2. The fraction of sp³-hybridized carbons (Fsp3) is 0.500. The average Bonchev–Trinajstić information content (AvgIpc) is 2.29. The van der Waals surface area contributed by atoms with Crippen molar-refractivity contribution in [1.29, 1.82) is 0 Å². The standard InChI is InChI=1S/C14H21NO2/c1-11(14(2,3)4)15(17-5)13(16)12-9-7-6-8-10-12/h6-11H,1-5H3/t11-/m0/s1. The molecule has 0 heterocycles. The molecule has 1 atom stereocenters. The topological polar surface area (TPSA) is 29.5 Å². The number of hydrogen-bond donors (Lipinski definition) is 0. The Morgan fingerprint density at radius 3 is 2.18 bits per heavy atom. The van der Waals surface area contributed by atoms with E-state index in [9.17, 15) is 4.79 Å². The number of carbonyl (C=O) groups is 1. The largest absolute Gasteiger partial charge is 0.277 e. The first-order valence-electron chi connectivity index (χ1n) is 5.80. The third kappa shape index (κ3) is 3.30.